The highest BCUT2D eigenvalue weighted by Gasteiger charge is 2.11. The first-order valence-corrected chi connectivity index (χ1v) is 6.53. The smallest absolute Gasteiger partial charge is 0.272 e. The van der Waals surface area contributed by atoms with Crippen molar-refractivity contribution in [2.24, 2.45) is 0 Å². The summed E-state index contributed by atoms with van der Waals surface area (Å²) in [5.74, 6) is 0. The van der Waals surface area contributed by atoms with Gasteiger partial charge in [0, 0.05) is 29.8 Å². The fourth-order valence-corrected chi connectivity index (χ4v) is 1.97. The van der Waals surface area contributed by atoms with E-state index in [9.17, 15) is 20.0 Å². The van der Waals surface area contributed by atoms with E-state index in [4.69, 9.17) is 0 Å². The van der Waals surface area contributed by atoms with E-state index in [0.29, 0.717) is 17.8 Å². The maximum absolute atomic E-state index is 12.0. The van der Waals surface area contributed by atoms with Crippen LogP contribution < -0.4 is 5.56 Å². The molecule has 0 unspecified atom stereocenters. The number of nitro benzene ring substituents is 1. The molecular formula is C14H15N3O4. The highest BCUT2D eigenvalue weighted by Crippen LogP contribution is 2.20. The molecule has 1 heterocycles. The Balaban J connectivity index is 2.50. The molecule has 0 radical (unpaired) electrons. The molecule has 0 aliphatic rings. The minimum atomic E-state index is -0.478. The van der Waals surface area contributed by atoms with Gasteiger partial charge in [0.25, 0.3) is 11.2 Å². The second-order valence-electron chi connectivity index (χ2n) is 4.55. The van der Waals surface area contributed by atoms with Crippen molar-refractivity contribution in [3.8, 4) is 11.3 Å². The zero-order valence-corrected chi connectivity index (χ0v) is 11.5. The zero-order valence-electron chi connectivity index (χ0n) is 11.5. The Morgan fingerprint density at radius 3 is 2.52 bits per heavy atom. The molecular weight excluding hydrogens is 274 g/mol. The predicted octanol–water partition coefficient (Wildman–Crippen LogP) is 1.72. The molecule has 0 saturated carbocycles. The lowest BCUT2D eigenvalue weighted by molar-refractivity contribution is -0.384. The highest BCUT2D eigenvalue weighted by molar-refractivity contribution is 5.60. The number of hydrogen-bond acceptors (Lipinski definition) is 5. The van der Waals surface area contributed by atoms with Gasteiger partial charge in [-0.15, -0.1) is 0 Å². The summed E-state index contributed by atoms with van der Waals surface area (Å²) in [7, 11) is 0. The molecule has 0 bridgehead atoms. The molecule has 0 spiro atoms. The third kappa shape index (κ3) is 3.14. The molecule has 7 nitrogen and oxygen atoms in total. The summed E-state index contributed by atoms with van der Waals surface area (Å²) in [5, 5.41) is 24.2. The van der Waals surface area contributed by atoms with Crippen molar-refractivity contribution in [2.75, 3.05) is 0 Å². The number of non-ortho nitro benzene ring substituents is 1. The number of aliphatic hydroxyl groups excluding tert-OH is 1. The maximum atomic E-state index is 12.0. The molecule has 0 amide bonds. The van der Waals surface area contributed by atoms with E-state index < -0.39 is 4.92 Å². The monoisotopic (exact) mass is 289 g/mol. The zero-order chi connectivity index (χ0) is 15.4. The van der Waals surface area contributed by atoms with Crippen molar-refractivity contribution in [3.63, 3.8) is 0 Å². The average molecular weight is 289 g/mol. The molecule has 1 aromatic heterocycles. The highest BCUT2D eigenvalue weighted by atomic mass is 16.6. The normalized spacial score (nSPS) is 10.6. The van der Waals surface area contributed by atoms with Crippen LogP contribution >= 0.6 is 0 Å². The number of aromatic nitrogens is 2. The van der Waals surface area contributed by atoms with Gasteiger partial charge in [0.15, 0.2) is 0 Å². The van der Waals surface area contributed by atoms with E-state index in [-0.39, 0.29) is 23.4 Å². The number of hydrogen-bond donors (Lipinski definition) is 1. The van der Waals surface area contributed by atoms with E-state index >= 15 is 0 Å². The van der Waals surface area contributed by atoms with Crippen LogP contribution in [-0.2, 0) is 13.2 Å². The molecule has 0 fully saturated rings. The molecule has 7 heteroatoms. The standard InChI is InChI=1S/C14H15N3O4/c1-2-7-16-14(19)11(9-18)8-13(15-16)10-3-5-12(6-4-10)17(20)21/h3-6,8,18H,2,7,9H2,1H3. The van der Waals surface area contributed by atoms with Gasteiger partial charge in [-0.05, 0) is 24.6 Å². The van der Waals surface area contributed by atoms with Crippen molar-refractivity contribution in [3.05, 3.63) is 56.4 Å². The Morgan fingerprint density at radius 1 is 1.33 bits per heavy atom. The quantitative estimate of drug-likeness (QED) is 0.667. The fraction of sp³-hybridized carbons (Fsp3) is 0.286. The maximum Gasteiger partial charge on any atom is 0.272 e. The van der Waals surface area contributed by atoms with Gasteiger partial charge in [-0.25, -0.2) is 4.68 Å². The van der Waals surface area contributed by atoms with Gasteiger partial charge in [-0.3, -0.25) is 14.9 Å². The number of benzene rings is 1. The van der Waals surface area contributed by atoms with Crippen LogP contribution in [0.1, 0.15) is 18.9 Å². The van der Waals surface area contributed by atoms with E-state index in [1.165, 1.54) is 22.9 Å². The van der Waals surface area contributed by atoms with Gasteiger partial charge in [-0.2, -0.15) is 5.10 Å². The minimum absolute atomic E-state index is 0.0111. The Bertz CT molecular complexity index is 707. The van der Waals surface area contributed by atoms with Gasteiger partial charge in [0.1, 0.15) is 0 Å². The van der Waals surface area contributed by atoms with Crippen LogP contribution in [0, 0.1) is 10.1 Å². The van der Waals surface area contributed by atoms with E-state index in [0.717, 1.165) is 6.42 Å². The van der Waals surface area contributed by atoms with Crippen LogP contribution in [0.5, 0.6) is 0 Å². The fourth-order valence-electron chi connectivity index (χ4n) is 1.97. The number of nitrogens with zero attached hydrogens (tertiary/aromatic N) is 3. The Morgan fingerprint density at radius 2 is 2.00 bits per heavy atom. The van der Waals surface area contributed by atoms with Gasteiger partial charge in [0.2, 0.25) is 0 Å². The second-order valence-corrected chi connectivity index (χ2v) is 4.55. The first-order chi connectivity index (χ1) is 10.1. The van der Waals surface area contributed by atoms with Crippen molar-refractivity contribution < 1.29 is 10.0 Å². The summed E-state index contributed by atoms with van der Waals surface area (Å²) < 4.78 is 1.31. The lowest BCUT2D eigenvalue weighted by Crippen LogP contribution is -2.26. The molecule has 2 aromatic rings. The first kappa shape index (κ1) is 14.9. The van der Waals surface area contributed by atoms with Gasteiger partial charge in [0.05, 0.1) is 17.2 Å². The number of aryl methyl sites for hydroxylation is 1. The van der Waals surface area contributed by atoms with Crippen molar-refractivity contribution in [1.29, 1.82) is 0 Å². The van der Waals surface area contributed by atoms with Crippen molar-refractivity contribution in [2.45, 2.75) is 26.5 Å². The molecule has 0 saturated heterocycles. The van der Waals surface area contributed by atoms with Crippen LogP contribution in [0.4, 0.5) is 5.69 Å². The van der Waals surface area contributed by atoms with Crippen molar-refractivity contribution in [1.82, 2.24) is 9.78 Å². The number of rotatable bonds is 5. The van der Waals surface area contributed by atoms with Crippen LogP contribution in [0.2, 0.25) is 0 Å². The van der Waals surface area contributed by atoms with Gasteiger partial charge in [-0.1, -0.05) is 6.92 Å². The Hall–Kier alpha value is -2.54. The van der Waals surface area contributed by atoms with E-state index in [1.54, 1.807) is 12.1 Å². The Kier molecular flexibility index (Phi) is 4.44. The summed E-state index contributed by atoms with van der Waals surface area (Å²) in [6.45, 7) is 2.00. The largest absolute Gasteiger partial charge is 0.391 e. The average Bonchev–Trinajstić information content (AvgIpc) is 2.49. The molecule has 1 aromatic carbocycles. The summed E-state index contributed by atoms with van der Waals surface area (Å²) in [4.78, 5) is 22.1. The third-order valence-corrected chi connectivity index (χ3v) is 3.03. The predicted molar refractivity (Wildman–Crippen MR) is 76.8 cm³/mol. The second kappa shape index (κ2) is 6.27. The lowest BCUT2D eigenvalue weighted by Gasteiger charge is -2.08. The lowest BCUT2D eigenvalue weighted by atomic mass is 10.1. The molecule has 0 atom stereocenters. The SMILES string of the molecule is CCCn1nc(-c2ccc([N+](=O)[O-])cc2)cc(CO)c1=O. The van der Waals surface area contributed by atoms with Crippen LogP contribution in [0.3, 0.4) is 0 Å². The summed E-state index contributed by atoms with van der Waals surface area (Å²) >= 11 is 0. The first-order valence-electron chi connectivity index (χ1n) is 6.53. The van der Waals surface area contributed by atoms with Gasteiger partial charge >= 0.3 is 0 Å². The molecule has 1 N–H and O–H groups in total. The molecule has 0 aliphatic carbocycles. The molecule has 2 rings (SSSR count). The van der Waals surface area contributed by atoms with Crippen LogP contribution in [-0.4, -0.2) is 19.8 Å². The third-order valence-electron chi connectivity index (χ3n) is 3.03. The topological polar surface area (TPSA) is 98.3 Å². The van der Waals surface area contributed by atoms with E-state index in [1.807, 2.05) is 6.92 Å². The van der Waals surface area contributed by atoms with Crippen molar-refractivity contribution >= 4 is 5.69 Å². The molecule has 110 valence electrons. The van der Waals surface area contributed by atoms with Crippen LogP contribution in [0.15, 0.2) is 35.1 Å². The number of nitro groups is 1. The Labute approximate surface area is 120 Å². The summed E-state index contributed by atoms with van der Waals surface area (Å²) in [6.07, 6.45) is 0.738. The van der Waals surface area contributed by atoms with E-state index in [2.05, 4.69) is 5.10 Å². The summed E-state index contributed by atoms with van der Waals surface area (Å²) in [6, 6.07) is 7.41. The molecule has 21 heavy (non-hydrogen) atoms. The summed E-state index contributed by atoms with van der Waals surface area (Å²) in [5.41, 5.74) is 1.09. The van der Waals surface area contributed by atoms with Gasteiger partial charge < -0.3 is 5.11 Å². The molecule has 0 aliphatic heterocycles. The number of aliphatic hydroxyl groups is 1. The van der Waals surface area contributed by atoms with Crippen LogP contribution in [0.25, 0.3) is 11.3 Å². The minimum Gasteiger partial charge on any atom is -0.391 e.